The number of carbonyl (C=O) groups is 1. The summed E-state index contributed by atoms with van der Waals surface area (Å²) in [6.07, 6.45) is 3.00. The maximum Gasteiger partial charge on any atom is 0.308 e. The van der Waals surface area contributed by atoms with Crippen LogP contribution < -0.4 is 5.32 Å². The highest BCUT2D eigenvalue weighted by Gasteiger charge is 2.42. The molecule has 3 rings (SSSR count). The molecule has 0 aromatic carbocycles. The fourth-order valence-electron chi connectivity index (χ4n) is 1.94. The van der Waals surface area contributed by atoms with Crippen molar-refractivity contribution in [2.75, 3.05) is 0 Å². The molecule has 56 valence electrons. The van der Waals surface area contributed by atoms with Crippen molar-refractivity contribution < 1.29 is 9.90 Å². The third kappa shape index (κ3) is 0.736. The zero-order valence-electron chi connectivity index (χ0n) is 5.71. The SMILES string of the molecule is O=C(O)[C@H]1CC[C@@H]2C[C@H]1N2. The van der Waals surface area contributed by atoms with Gasteiger partial charge in [0.1, 0.15) is 0 Å². The molecule has 3 aliphatic rings. The fraction of sp³-hybridized carbons (Fsp3) is 0.857. The van der Waals surface area contributed by atoms with Gasteiger partial charge in [-0.05, 0) is 19.3 Å². The van der Waals surface area contributed by atoms with Gasteiger partial charge in [-0.15, -0.1) is 0 Å². The summed E-state index contributed by atoms with van der Waals surface area (Å²) in [4.78, 5) is 10.5. The quantitative estimate of drug-likeness (QED) is 0.549. The van der Waals surface area contributed by atoms with Crippen molar-refractivity contribution in [1.82, 2.24) is 5.32 Å². The van der Waals surface area contributed by atoms with E-state index in [0.717, 1.165) is 19.3 Å². The molecule has 0 aromatic heterocycles. The molecule has 1 saturated carbocycles. The topological polar surface area (TPSA) is 49.3 Å². The van der Waals surface area contributed by atoms with E-state index in [1.54, 1.807) is 0 Å². The van der Waals surface area contributed by atoms with Crippen LogP contribution in [0.15, 0.2) is 0 Å². The van der Waals surface area contributed by atoms with Crippen molar-refractivity contribution in [3.05, 3.63) is 0 Å². The maximum absolute atomic E-state index is 10.5. The minimum absolute atomic E-state index is 0.106. The zero-order chi connectivity index (χ0) is 7.14. The minimum atomic E-state index is -0.629. The third-order valence-electron chi connectivity index (χ3n) is 2.62. The Morgan fingerprint density at radius 2 is 2.20 bits per heavy atom. The Labute approximate surface area is 59.4 Å². The summed E-state index contributed by atoms with van der Waals surface area (Å²) in [5.41, 5.74) is 0. The molecule has 2 N–H and O–H groups in total. The fourth-order valence-corrected chi connectivity index (χ4v) is 1.94. The molecule has 0 unspecified atom stereocenters. The second-order valence-corrected chi connectivity index (χ2v) is 3.23. The van der Waals surface area contributed by atoms with Gasteiger partial charge in [0.05, 0.1) is 5.92 Å². The van der Waals surface area contributed by atoms with Crippen molar-refractivity contribution in [3.63, 3.8) is 0 Å². The first kappa shape index (κ1) is 6.16. The Hall–Kier alpha value is -0.570. The Morgan fingerprint density at radius 1 is 1.50 bits per heavy atom. The predicted molar refractivity (Wildman–Crippen MR) is 35.7 cm³/mol. The Kier molecular flexibility index (Phi) is 1.20. The van der Waals surface area contributed by atoms with E-state index in [2.05, 4.69) is 5.32 Å². The molecule has 2 bridgehead atoms. The molecule has 0 radical (unpaired) electrons. The first-order valence-corrected chi connectivity index (χ1v) is 3.76. The zero-order valence-corrected chi connectivity index (χ0v) is 5.71. The normalized spacial score (nSPS) is 44.2. The number of carboxylic acid groups (broad SMARTS) is 1. The van der Waals surface area contributed by atoms with Gasteiger partial charge in [-0.3, -0.25) is 4.79 Å². The summed E-state index contributed by atoms with van der Waals surface area (Å²) >= 11 is 0. The van der Waals surface area contributed by atoms with E-state index < -0.39 is 5.97 Å². The number of rotatable bonds is 1. The van der Waals surface area contributed by atoms with Gasteiger partial charge in [0.2, 0.25) is 0 Å². The van der Waals surface area contributed by atoms with Crippen molar-refractivity contribution in [3.8, 4) is 0 Å². The van der Waals surface area contributed by atoms with E-state index in [1.807, 2.05) is 0 Å². The van der Waals surface area contributed by atoms with Crippen LogP contribution in [0.3, 0.4) is 0 Å². The van der Waals surface area contributed by atoms with E-state index >= 15 is 0 Å². The van der Waals surface area contributed by atoms with Crippen LogP contribution in [-0.4, -0.2) is 23.2 Å². The number of piperidine rings is 1. The highest BCUT2D eigenvalue weighted by atomic mass is 16.4. The second kappa shape index (κ2) is 1.95. The van der Waals surface area contributed by atoms with Crippen molar-refractivity contribution in [1.29, 1.82) is 0 Å². The Bertz CT molecular complexity index is 160. The molecular weight excluding hydrogens is 130 g/mol. The molecule has 2 saturated heterocycles. The van der Waals surface area contributed by atoms with E-state index in [1.165, 1.54) is 0 Å². The highest BCUT2D eigenvalue weighted by Crippen LogP contribution is 2.32. The molecule has 3 atom stereocenters. The number of aliphatic carboxylic acids is 1. The van der Waals surface area contributed by atoms with Crippen LogP contribution >= 0.6 is 0 Å². The lowest BCUT2D eigenvalue weighted by Crippen LogP contribution is -2.61. The summed E-state index contributed by atoms with van der Waals surface area (Å²) in [6.45, 7) is 0. The number of nitrogens with one attached hydrogen (secondary N) is 1. The molecule has 3 heteroatoms. The number of hydrogen-bond donors (Lipinski definition) is 2. The van der Waals surface area contributed by atoms with Crippen LogP contribution in [0, 0.1) is 5.92 Å². The maximum atomic E-state index is 10.5. The van der Waals surface area contributed by atoms with Crippen LogP contribution in [0.25, 0.3) is 0 Å². The lowest BCUT2D eigenvalue weighted by Gasteiger charge is -2.46. The largest absolute Gasteiger partial charge is 0.481 e. The van der Waals surface area contributed by atoms with Crippen molar-refractivity contribution in [2.24, 2.45) is 5.92 Å². The van der Waals surface area contributed by atoms with E-state index in [4.69, 9.17) is 5.11 Å². The summed E-state index contributed by atoms with van der Waals surface area (Å²) in [5.74, 6) is -0.736. The van der Waals surface area contributed by atoms with Gasteiger partial charge in [-0.25, -0.2) is 0 Å². The van der Waals surface area contributed by atoms with Crippen LogP contribution in [0.1, 0.15) is 19.3 Å². The molecule has 3 fully saturated rings. The van der Waals surface area contributed by atoms with E-state index in [0.29, 0.717) is 6.04 Å². The smallest absolute Gasteiger partial charge is 0.308 e. The van der Waals surface area contributed by atoms with Gasteiger partial charge in [0.25, 0.3) is 0 Å². The van der Waals surface area contributed by atoms with Crippen LogP contribution in [0.4, 0.5) is 0 Å². The first-order valence-electron chi connectivity index (χ1n) is 3.76. The average Bonchev–Trinajstić information content (AvgIpc) is 1.86. The Balaban J connectivity index is 2.02. The number of carboxylic acids is 1. The van der Waals surface area contributed by atoms with Crippen molar-refractivity contribution in [2.45, 2.75) is 31.3 Å². The summed E-state index contributed by atoms with van der Waals surface area (Å²) < 4.78 is 0. The van der Waals surface area contributed by atoms with Crippen molar-refractivity contribution >= 4 is 5.97 Å². The lowest BCUT2D eigenvalue weighted by atomic mass is 9.75. The van der Waals surface area contributed by atoms with Gasteiger partial charge >= 0.3 is 5.97 Å². The van der Waals surface area contributed by atoms with Gasteiger partial charge in [0.15, 0.2) is 0 Å². The van der Waals surface area contributed by atoms with E-state index in [-0.39, 0.29) is 12.0 Å². The number of hydrogen-bond acceptors (Lipinski definition) is 2. The molecule has 2 heterocycles. The molecule has 3 nitrogen and oxygen atoms in total. The summed E-state index contributed by atoms with van der Waals surface area (Å²) in [7, 11) is 0. The summed E-state index contributed by atoms with van der Waals surface area (Å²) in [6, 6.07) is 0.928. The van der Waals surface area contributed by atoms with E-state index in [9.17, 15) is 4.79 Å². The van der Waals surface area contributed by atoms with Gasteiger partial charge < -0.3 is 10.4 Å². The first-order chi connectivity index (χ1) is 4.77. The standard InChI is InChI=1S/C7H11NO2/c9-7(10)5-2-1-4-3-6(5)8-4/h4-6,8H,1-3H2,(H,9,10)/t4-,5+,6-/m1/s1. The third-order valence-corrected chi connectivity index (χ3v) is 2.62. The average molecular weight is 141 g/mol. The minimum Gasteiger partial charge on any atom is -0.481 e. The molecule has 10 heavy (non-hydrogen) atoms. The van der Waals surface area contributed by atoms with Crippen LogP contribution in [-0.2, 0) is 4.79 Å². The predicted octanol–water partition coefficient (Wildman–Crippen LogP) is 0.212. The Morgan fingerprint density at radius 3 is 2.50 bits per heavy atom. The highest BCUT2D eigenvalue weighted by molar-refractivity contribution is 5.71. The number of fused-ring (bicyclic) bond motifs is 2. The summed E-state index contributed by atoms with van der Waals surface area (Å²) in [5, 5.41) is 11.9. The van der Waals surface area contributed by atoms with Gasteiger partial charge in [-0.2, -0.15) is 0 Å². The molecule has 0 aromatic rings. The molecule has 1 aliphatic carbocycles. The monoisotopic (exact) mass is 141 g/mol. The van der Waals surface area contributed by atoms with Crippen LogP contribution in [0.5, 0.6) is 0 Å². The van der Waals surface area contributed by atoms with Gasteiger partial charge in [0, 0.05) is 12.1 Å². The second-order valence-electron chi connectivity index (χ2n) is 3.23. The molecule has 0 amide bonds. The molecule has 2 aliphatic heterocycles. The van der Waals surface area contributed by atoms with Crippen LogP contribution in [0.2, 0.25) is 0 Å². The lowest BCUT2D eigenvalue weighted by molar-refractivity contribution is -0.146. The molecular formula is C7H11NO2. The molecule has 0 spiro atoms. The van der Waals surface area contributed by atoms with Gasteiger partial charge in [-0.1, -0.05) is 0 Å².